The van der Waals surface area contributed by atoms with Crippen LogP contribution in [0.3, 0.4) is 0 Å². The Bertz CT molecular complexity index is 1580. The SMILES string of the molecule is Pc1ccc2ccccc2c1-c1c(P)ccc2ccccc12.[Cl][Ru+2][Cl].[NH-][C@@H](c1ccccc1)[C@@H]([NH-])c1ccccc1. The number of hydrogen-bond donors (Lipinski definition) is 0. The van der Waals surface area contributed by atoms with Crippen LogP contribution in [0.2, 0.25) is 0 Å². The largest absolute Gasteiger partial charge is 0.672 e. The number of nitrogens with one attached hydrogen (secondary N) is 2. The van der Waals surface area contributed by atoms with Gasteiger partial charge in [0, 0.05) is 0 Å². The van der Waals surface area contributed by atoms with E-state index < -0.39 is 12.1 Å². The summed E-state index contributed by atoms with van der Waals surface area (Å²) in [7, 11) is 15.5. The molecule has 0 aliphatic carbocycles. The maximum absolute atomic E-state index is 8.07. The van der Waals surface area contributed by atoms with Gasteiger partial charge in [-0.15, -0.1) is 30.6 Å². The van der Waals surface area contributed by atoms with Crippen LogP contribution in [0, 0.1) is 0 Å². The van der Waals surface area contributed by atoms with Crippen molar-refractivity contribution in [3.8, 4) is 11.1 Å². The second-order valence-electron chi connectivity index (χ2n) is 9.33. The van der Waals surface area contributed by atoms with E-state index in [9.17, 15) is 0 Å². The van der Waals surface area contributed by atoms with Crippen LogP contribution in [0.15, 0.2) is 133 Å². The van der Waals surface area contributed by atoms with Crippen LogP contribution in [0.4, 0.5) is 0 Å². The Morgan fingerprint density at radius 1 is 0.463 bits per heavy atom. The Morgan fingerprint density at radius 2 is 0.780 bits per heavy atom. The zero-order valence-corrected chi connectivity index (χ0v) is 27.7. The van der Waals surface area contributed by atoms with Crippen molar-refractivity contribution in [2.75, 3.05) is 0 Å². The molecule has 2 N–H and O–H groups in total. The number of rotatable bonds is 4. The van der Waals surface area contributed by atoms with E-state index in [4.69, 9.17) is 30.8 Å². The van der Waals surface area contributed by atoms with Crippen molar-refractivity contribution in [1.29, 1.82) is 0 Å². The first kappa shape index (κ1) is 31.8. The van der Waals surface area contributed by atoms with E-state index in [0.717, 1.165) is 11.1 Å². The van der Waals surface area contributed by atoms with Gasteiger partial charge in [0.1, 0.15) is 0 Å². The number of hydrogen-bond acceptors (Lipinski definition) is 0. The fraction of sp³-hybridized carbons (Fsp3) is 0.0588. The molecule has 0 fully saturated rings. The fourth-order valence-electron chi connectivity index (χ4n) is 4.84. The first-order chi connectivity index (χ1) is 20.0. The standard InChI is InChI=1S/C20H16P2.C14H14N2.2ClH.Ru/c21-17-11-9-13-5-1-3-7-15(13)19(17)20-16-8-4-2-6-14(16)10-12-18(20)22;15-13(11-7-3-1-4-8-11)14(16)12-9-5-2-6-10-12;;;/h1-12H,21-22H2;1-10,13-16H;2*1H;/q;-2;;;+4/p-2/t;13-,14-;;;/m.0.../s1. The summed E-state index contributed by atoms with van der Waals surface area (Å²) in [6.07, 6.45) is 0. The summed E-state index contributed by atoms with van der Waals surface area (Å²) >= 11 is -0.346. The molecule has 2 nitrogen and oxygen atoms in total. The quantitative estimate of drug-likeness (QED) is 0.130. The molecule has 208 valence electrons. The molecule has 4 atom stereocenters. The van der Waals surface area contributed by atoms with E-state index in [2.05, 4.69) is 91.3 Å². The van der Waals surface area contributed by atoms with Crippen LogP contribution in [-0.4, -0.2) is 0 Å². The Labute approximate surface area is 262 Å². The summed E-state index contributed by atoms with van der Waals surface area (Å²) in [6, 6.07) is 44.0. The molecular formula is C34H30Cl2N2P2Ru. The summed E-state index contributed by atoms with van der Waals surface area (Å²) < 4.78 is 0. The predicted octanol–water partition coefficient (Wildman–Crippen LogP) is 10.6. The van der Waals surface area contributed by atoms with Gasteiger partial charge in [0.25, 0.3) is 0 Å². The summed E-state index contributed by atoms with van der Waals surface area (Å²) in [5.41, 5.74) is 20.5. The van der Waals surface area contributed by atoms with E-state index in [1.165, 1.54) is 43.3 Å². The average Bonchev–Trinajstić information content (AvgIpc) is 3.02. The van der Waals surface area contributed by atoms with Gasteiger partial charge < -0.3 is 11.5 Å². The van der Waals surface area contributed by atoms with Crippen molar-refractivity contribution >= 4 is 70.0 Å². The zero-order chi connectivity index (χ0) is 29.2. The Hall–Kier alpha value is -2.18. The van der Waals surface area contributed by atoms with Crippen molar-refractivity contribution in [3.05, 3.63) is 156 Å². The fourth-order valence-corrected chi connectivity index (χ4v) is 5.63. The van der Waals surface area contributed by atoms with E-state index in [1.54, 1.807) is 0 Å². The molecular weight excluding hydrogens is 670 g/mol. The molecule has 0 amide bonds. The second kappa shape index (κ2) is 15.9. The smallest absolute Gasteiger partial charge is 0.0606 e. The Kier molecular flexibility index (Phi) is 12.3. The van der Waals surface area contributed by atoms with E-state index in [-0.39, 0.29) is 15.1 Å². The average molecular weight is 701 g/mol. The van der Waals surface area contributed by atoms with Crippen molar-refractivity contribution in [2.45, 2.75) is 12.1 Å². The van der Waals surface area contributed by atoms with E-state index in [0.29, 0.717) is 0 Å². The maximum Gasteiger partial charge on any atom is -0.0606 e. The van der Waals surface area contributed by atoms with Gasteiger partial charge >= 0.3 is 34.5 Å². The summed E-state index contributed by atoms with van der Waals surface area (Å²) in [6.45, 7) is 0. The third-order valence-electron chi connectivity index (χ3n) is 6.82. The van der Waals surface area contributed by atoms with Crippen molar-refractivity contribution < 1.29 is 15.1 Å². The topological polar surface area (TPSA) is 47.6 Å². The first-order valence-electron chi connectivity index (χ1n) is 12.9. The molecule has 0 spiro atoms. The summed E-state index contributed by atoms with van der Waals surface area (Å²) in [5.74, 6) is 0. The molecule has 0 heterocycles. The molecule has 0 aliphatic rings. The molecule has 0 bridgehead atoms. The Morgan fingerprint density at radius 3 is 1.15 bits per heavy atom. The molecule has 41 heavy (non-hydrogen) atoms. The number of benzene rings is 6. The predicted molar refractivity (Wildman–Crippen MR) is 184 cm³/mol. The monoisotopic (exact) mass is 700 g/mol. The van der Waals surface area contributed by atoms with Crippen molar-refractivity contribution in [3.63, 3.8) is 0 Å². The third-order valence-corrected chi connectivity index (χ3v) is 7.79. The van der Waals surface area contributed by atoms with Crippen LogP contribution in [0.25, 0.3) is 44.1 Å². The van der Waals surface area contributed by atoms with Gasteiger partial charge in [-0.1, -0.05) is 145 Å². The van der Waals surface area contributed by atoms with Gasteiger partial charge in [0.05, 0.1) is 0 Å². The van der Waals surface area contributed by atoms with Crippen molar-refractivity contribution in [1.82, 2.24) is 0 Å². The molecule has 0 saturated heterocycles. The van der Waals surface area contributed by atoms with E-state index >= 15 is 0 Å². The molecule has 6 aromatic rings. The Balaban J connectivity index is 0.000000180. The molecule has 7 heteroatoms. The minimum Gasteiger partial charge on any atom is -0.672 e. The number of halogens is 2. The van der Waals surface area contributed by atoms with Crippen LogP contribution in [-0.2, 0) is 15.1 Å². The van der Waals surface area contributed by atoms with Gasteiger partial charge in [-0.2, -0.15) is 0 Å². The van der Waals surface area contributed by atoms with Gasteiger partial charge in [-0.05, 0) is 43.3 Å². The van der Waals surface area contributed by atoms with Gasteiger partial charge in [-0.3, -0.25) is 0 Å². The molecule has 0 aliphatic heterocycles. The third kappa shape index (κ3) is 8.01. The number of fused-ring (bicyclic) bond motifs is 2. The van der Waals surface area contributed by atoms with Crippen LogP contribution < -0.4 is 10.6 Å². The normalized spacial score (nSPS) is 12.0. The van der Waals surface area contributed by atoms with Gasteiger partial charge in [0.15, 0.2) is 0 Å². The second-order valence-corrected chi connectivity index (χ2v) is 13.2. The molecule has 2 unspecified atom stereocenters. The van der Waals surface area contributed by atoms with Gasteiger partial charge in [-0.25, -0.2) is 0 Å². The first-order valence-corrected chi connectivity index (χ1v) is 18.5. The summed E-state index contributed by atoms with van der Waals surface area (Å²) in [4.78, 5) is 0. The maximum atomic E-state index is 8.07. The molecule has 0 saturated carbocycles. The zero-order valence-electron chi connectivity index (χ0n) is 22.1. The summed E-state index contributed by atoms with van der Waals surface area (Å²) in [5, 5.41) is 7.63. The molecule has 0 aromatic heterocycles. The van der Waals surface area contributed by atoms with Crippen LogP contribution in [0.5, 0.6) is 0 Å². The van der Waals surface area contributed by atoms with Gasteiger partial charge in [0.2, 0.25) is 0 Å². The van der Waals surface area contributed by atoms with Crippen LogP contribution in [0.1, 0.15) is 23.2 Å². The van der Waals surface area contributed by atoms with E-state index in [1.807, 2.05) is 60.7 Å². The van der Waals surface area contributed by atoms with Crippen LogP contribution >= 0.6 is 37.9 Å². The molecule has 0 radical (unpaired) electrons. The molecule has 6 rings (SSSR count). The molecule has 6 aromatic carbocycles. The van der Waals surface area contributed by atoms with Crippen molar-refractivity contribution in [2.24, 2.45) is 0 Å². The minimum absolute atomic E-state index is 0.346. The minimum atomic E-state index is -0.524.